The van der Waals surface area contributed by atoms with E-state index in [4.69, 9.17) is 0 Å². The van der Waals surface area contributed by atoms with Gasteiger partial charge in [0.2, 0.25) is 0 Å². The van der Waals surface area contributed by atoms with Gasteiger partial charge in [0.25, 0.3) is 5.56 Å². The highest BCUT2D eigenvalue weighted by Gasteiger charge is 2.12. The maximum Gasteiger partial charge on any atom is 0.255 e. The van der Waals surface area contributed by atoms with Crippen molar-refractivity contribution in [3.8, 4) is 0 Å². The standard InChI is InChI=1S/C12H13FN2O/c1-3-7-8-4-5-15-12(16)9(8)6-10(13)11(7)14-2/h4-6,14H,3H2,1-2H3,(H,15,16). The van der Waals surface area contributed by atoms with Gasteiger partial charge < -0.3 is 10.3 Å². The molecule has 0 unspecified atom stereocenters. The summed E-state index contributed by atoms with van der Waals surface area (Å²) in [7, 11) is 1.68. The number of H-pyrrole nitrogens is 1. The number of aromatic amines is 1. The van der Waals surface area contributed by atoms with Crippen LogP contribution in [0, 0.1) is 5.82 Å². The fourth-order valence-corrected chi connectivity index (χ4v) is 2.01. The van der Waals surface area contributed by atoms with Gasteiger partial charge >= 0.3 is 0 Å². The van der Waals surface area contributed by atoms with Gasteiger partial charge in [-0.3, -0.25) is 4.79 Å². The largest absolute Gasteiger partial charge is 0.386 e. The van der Waals surface area contributed by atoms with Crippen molar-refractivity contribution in [2.75, 3.05) is 12.4 Å². The van der Waals surface area contributed by atoms with Crippen molar-refractivity contribution < 1.29 is 4.39 Å². The molecule has 2 N–H and O–H groups in total. The summed E-state index contributed by atoms with van der Waals surface area (Å²) in [6.45, 7) is 1.94. The van der Waals surface area contributed by atoms with Crippen molar-refractivity contribution in [2.45, 2.75) is 13.3 Å². The summed E-state index contributed by atoms with van der Waals surface area (Å²) in [5.41, 5.74) is 1.05. The maximum atomic E-state index is 13.7. The van der Waals surface area contributed by atoms with Crippen LogP contribution in [-0.4, -0.2) is 12.0 Å². The van der Waals surface area contributed by atoms with E-state index in [1.165, 1.54) is 6.07 Å². The van der Waals surface area contributed by atoms with E-state index in [1.807, 2.05) is 6.92 Å². The Kier molecular flexibility index (Phi) is 2.64. The number of pyridine rings is 1. The molecular formula is C12H13FN2O. The third kappa shape index (κ3) is 1.46. The second-order valence-corrected chi connectivity index (χ2v) is 3.58. The van der Waals surface area contributed by atoms with Crippen molar-refractivity contribution in [3.05, 3.63) is 40.1 Å². The maximum absolute atomic E-state index is 13.7. The highest BCUT2D eigenvalue weighted by atomic mass is 19.1. The van der Waals surface area contributed by atoms with Crippen molar-refractivity contribution in [2.24, 2.45) is 0 Å². The minimum Gasteiger partial charge on any atom is -0.386 e. The molecule has 1 heterocycles. The summed E-state index contributed by atoms with van der Waals surface area (Å²) in [5.74, 6) is -0.386. The van der Waals surface area contributed by atoms with E-state index in [0.29, 0.717) is 17.5 Å². The summed E-state index contributed by atoms with van der Waals surface area (Å²) in [6.07, 6.45) is 2.26. The molecule has 0 saturated carbocycles. The van der Waals surface area contributed by atoms with Gasteiger partial charge in [-0.05, 0) is 29.5 Å². The molecule has 84 valence electrons. The molecule has 2 rings (SSSR count). The number of aromatic nitrogens is 1. The lowest BCUT2D eigenvalue weighted by Crippen LogP contribution is -2.08. The Morgan fingerprint density at radius 2 is 2.19 bits per heavy atom. The first-order valence-corrected chi connectivity index (χ1v) is 5.19. The van der Waals surface area contributed by atoms with Crippen LogP contribution in [0.2, 0.25) is 0 Å². The van der Waals surface area contributed by atoms with Gasteiger partial charge in [-0.25, -0.2) is 4.39 Å². The molecule has 0 saturated heterocycles. The molecular weight excluding hydrogens is 207 g/mol. The van der Waals surface area contributed by atoms with E-state index in [0.717, 1.165) is 10.9 Å². The average molecular weight is 220 g/mol. The molecule has 0 atom stereocenters. The third-order valence-electron chi connectivity index (χ3n) is 2.74. The summed E-state index contributed by atoms with van der Waals surface area (Å²) in [6, 6.07) is 3.08. The fraction of sp³-hybridized carbons (Fsp3) is 0.250. The molecule has 16 heavy (non-hydrogen) atoms. The van der Waals surface area contributed by atoms with Gasteiger partial charge in [-0.2, -0.15) is 0 Å². The smallest absolute Gasteiger partial charge is 0.255 e. The SMILES string of the molecule is CCc1c(NC)c(F)cc2c(=O)[nH]ccc12. The first-order chi connectivity index (χ1) is 7.69. The van der Waals surface area contributed by atoms with E-state index in [9.17, 15) is 9.18 Å². The Bertz CT molecular complexity index is 589. The number of halogens is 1. The topological polar surface area (TPSA) is 44.9 Å². The number of hydrogen-bond acceptors (Lipinski definition) is 2. The Hall–Kier alpha value is -1.84. The van der Waals surface area contributed by atoms with Crippen LogP contribution in [0.5, 0.6) is 0 Å². The highest BCUT2D eigenvalue weighted by molar-refractivity contribution is 5.89. The van der Waals surface area contributed by atoms with E-state index in [1.54, 1.807) is 19.3 Å². The molecule has 0 bridgehead atoms. The average Bonchev–Trinajstić information content (AvgIpc) is 2.28. The highest BCUT2D eigenvalue weighted by Crippen LogP contribution is 2.27. The quantitative estimate of drug-likeness (QED) is 0.815. The lowest BCUT2D eigenvalue weighted by molar-refractivity contribution is 0.631. The number of hydrogen-bond donors (Lipinski definition) is 2. The number of anilines is 1. The second kappa shape index (κ2) is 3.96. The zero-order valence-electron chi connectivity index (χ0n) is 9.23. The molecule has 1 aromatic heterocycles. The fourth-order valence-electron chi connectivity index (χ4n) is 2.01. The van der Waals surface area contributed by atoms with Crippen molar-refractivity contribution >= 4 is 16.5 Å². The summed E-state index contributed by atoms with van der Waals surface area (Å²) in [5, 5.41) is 4.04. The molecule has 2 aromatic rings. The van der Waals surface area contributed by atoms with Crippen molar-refractivity contribution in [1.29, 1.82) is 0 Å². The van der Waals surface area contributed by atoms with Crippen LogP contribution in [-0.2, 0) is 6.42 Å². The molecule has 3 nitrogen and oxygen atoms in total. The van der Waals surface area contributed by atoms with Crippen LogP contribution in [0.3, 0.4) is 0 Å². The lowest BCUT2D eigenvalue weighted by Gasteiger charge is -2.11. The van der Waals surface area contributed by atoms with E-state index < -0.39 is 0 Å². The van der Waals surface area contributed by atoms with Gasteiger partial charge in [-0.15, -0.1) is 0 Å². The van der Waals surface area contributed by atoms with E-state index in [2.05, 4.69) is 10.3 Å². The summed E-state index contributed by atoms with van der Waals surface area (Å²) < 4.78 is 13.7. The number of fused-ring (bicyclic) bond motifs is 1. The van der Waals surface area contributed by atoms with Crippen LogP contribution in [0.4, 0.5) is 10.1 Å². The van der Waals surface area contributed by atoms with Crippen LogP contribution in [0.15, 0.2) is 23.1 Å². The molecule has 0 aliphatic heterocycles. The zero-order chi connectivity index (χ0) is 11.7. The molecule has 0 radical (unpaired) electrons. The molecule has 4 heteroatoms. The van der Waals surface area contributed by atoms with Gasteiger partial charge in [-0.1, -0.05) is 6.92 Å². The van der Waals surface area contributed by atoms with Gasteiger partial charge in [0, 0.05) is 13.2 Å². The normalized spacial score (nSPS) is 10.7. The van der Waals surface area contributed by atoms with Gasteiger partial charge in [0.1, 0.15) is 5.82 Å². The number of benzene rings is 1. The van der Waals surface area contributed by atoms with Crippen molar-refractivity contribution in [1.82, 2.24) is 4.98 Å². The Morgan fingerprint density at radius 1 is 1.44 bits per heavy atom. The van der Waals surface area contributed by atoms with Crippen LogP contribution < -0.4 is 10.9 Å². The molecule has 0 aliphatic rings. The monoisotopic (exact) mass is 220 g/mol. The van der Waals surface area contributed by atoms with Gasteiger partial charge in [0.15, 0.2) is 0 Å². The van der Waals surface area contributed by atoms with Crippen LogP contribution in [0.25, 0.3) is 10.8 Å². The number of rotatable bonds is 2. The summed E-state index contributed by atoms with van der Waals surface area (Å²) >= 11 is 0. The number of nitrogens with one attached hydrogen (secondary N) is 2. The summed E-state index contributed by atoms with van der Waals surface area (Å²) in [4.78, 5) is 14.1. The second-order valence-electron chi connectivity index (χ2n) is 3.58. The molecule has 0 aliphatic carbocycles. The molecule has 0 spiro atoms. The Balaban J connectivity index is 2.96. The molecule has 0 fully saturated rings. The van der Waals surface area contributed by atoms with Crippen LogP contribution in [0.1, 0.15) is 12.5 Å². The zero-order valence-corrected chi connectivity index (χ0v) is 9.23. The third-order valence-corrected chi connectivity index (χ3v) is 2.74. The lowest BCUT2D eigenvalue weighted by atomic mass is 10.0. The first-order valence-electron chi connectivity index (χ1n) is 5.19. The van der Waals surface area contributed by atoms with Gasteiger partial charge in [0.05, 0.1) is 11.1 Å². The number of aryl methyl sites for hydroxylation is 1. The predicted octanol–water partition coefficient (Wildman–Crippen LogP) is 2.27. The Labute approximate surface area is 92.3 Å². The van der Waals surface area contributed by atoms with E-state index in [-0.39, 0.29) is 11.4 Å². The minimum atomic E-state index is -0.386. The first kappa shape index (κ1) is 10.7. The van der Waals surface area contributed by atoms with Crippen molar-refractivity contribution in [3.63, 3.8) is 0 Å². The van der Waals surface area contributed by atoms with E-state index >= 15 is 0 Å². The van der Waals surface area contributed by atoms with Crippen LogP contribution >= 0.6 is 0 Å². The Morgan fingerprint density at radius 3 is 2.81 bits per heavy atom. The minimum absolute atomic E-state index is 0.256. The molecule has 1 aromatic carbocycles. The molecule has 0 amide bonds. The predicted molar refractivity (Wildman–Crippen MR) is 63.5 cm³/mol.